The molecule has 1 aromatic heterocycles. The summed E-state index contributed by atoms with van der Waals surface area (Å²) in [5.74, 6) is 1.44. The van der Waals surface area contributed by atoms with E-state index in [2.05, 4.69) is 20.1 Å². The third-order valence-electron chi connectivity index (χ3n) is 4.63. The lowest BCUT2D eigenvalue weighted by molar-refractivity contribution is -0.124. The first-order valence-electron chi connectivity index (χ1n) is 8.79. The molecule has 1 unspecified atom stereocenters. The molecule has 2 aromatic carbocycles. The van der Waals surface area contributed by atoms with Crippen LogP contribution in [0, 0.1) is 0 Å². The average molecular weight is 348 g/mol. The molecule has 6 heteroatoms. The second-order valence-electron chi connectivity index (χ2n) is 6.43. The number of hydrogen-bond donors (Lipinski definition) is 2. The number of hydrogen-bond acceptors (Lipinski definition) is 4. The van der Waals surface area contributed by atoms with Crippen molar-refractivity contribution in [1.29, 1.82) is 0 Å². The van der Waals surface area contributed by atoms with Crippen LogP contribution in [0.1, 0.15) is 30.3 Å². The number of benzene rings is 2. The molecule has 1 amide bonds. The van der Waals surface area contributed by atoms with Crippen LogP contribution >= 0.6 is 0 Å². The van der Waals surface area contributed by atoms with Gasteiger partial charge in [-0.3, -0.25) is 4.79 Å². The summed E-state index contributed by atoms with van der Waals surface area (Å²) in [4.78, 5) is 12.2. The maximum absolute atomic E-state index is 12.2. The number of anilines is 1. The third kappa shape index (κ3) is 3.23. The molecule has 2 heterocycles. The van der Waals surface area contributed by atoms with Gasteiger partial charge in [-0.05, 0) is 42.7 Å². The van der Waals surface area contributed by atoms with E-state index in [-0.39, 0.29) is 0 Å². The molecule has 0 spiro atoms. The lowest BCUT2D eigenvalue weighted by atomic mass is 10.1. The smallest absolute Gasteiger partial charge is 0.257 e. The highest BCUT2D eigenvalue weighted by molar-refractivity contribution is 5.94. The van der Waals surface area contributed by atoms with Gasteiger partial charge in [0.05, 0.1) is 0 Å². The summed E-state index contributed by atoms with van der Waals surface area (Å²) in [6.07, 6.45) is 2.08. The van der Waals surface area contributed by atoms with Crippen molar-refractivity contribution >= 4 is 11.6 Å². The van der Waals surface area contributed by atoms with Crippen molar-refractivity contribution in [3.05, 3.63) is 66.0 Å². The minimum atomic E-state index is -1.20. The van der Waals surface area contributed by atoms with Crippen molar-refractivity contribution in [1.82, 2.24) is 14.8 Å². The number of rotatable bonds is 4. The van der Waals surface area contributed by atoms with E-state index < -0.39 is 12.0 Å². The fourth-order valence-corrected chi connectivity index (χ4v) is 3.22. The van der Waals surface area contributed by atoms with Crippen LogP contribution in [0.4, 0.5) is 5.69 Å². The van der Waals surface area contributed by atoms with Gasteiger partial charge in [-0.1, -0.05) is 30.3 Å². The monoisotopic (exact) mass is 348 g/mol. The van der Waals surface area contributed by atoms with E-state index in [9.17, 15) is 9.90 Å². The average Bonchev–Trinajstić information content (AvgIpc) is 3.13. The van der Waals surface area contributed by atoms with Crippen molar-refractivity contribution < 1.29 is 9.90 Å². The van der Waals surface area contributed by atoms with Gasteiger partial charge in [0.25, 0.3) is 5.91 Å². The fourth-order valence-electron chi connectivity index (χ4n) is 3.22. The van der Waals surface area contributed by atoms with Crippen LogP contribution in [0.2, 0.25) is 0 Å². The lowest BCUT2D eigenvalue weighted by Gasteiger charge is -2.15. The SMILES string of the molecule is O=C(Nc1ccc(-c2nnc3n2CCCC3)cc1)C(O)c1ccccc1. The van der Waals surface area contributed by atoms with Crippen molar-refractivity contribution in [3.8, 4) is 11.4 Å². The summed E-state index contributed by atoms with van der Waals surface area (Å²) in [5.41, 5.74) is 2.16. The third-order valence-corrected chi connectivity index (χ3v) is 4.63. The number of aromatic nitrogens is 3. The topological polar surface area (TPSA) is 80.0 Å². The molecule has 0 fully saturated rings. The van der Waals surface area contributed by atoms with Crippen molar-refractivity contribution in [2.45, 2.75) is 31.9 Å². The summed E-state index contributed by atoms with van der Waals surface area (Å²) in [6.45, 7) is 0.944. The zero-order chi connectivity index (χ0) is 17.9. The van der Waals surface area contributed by atoms with Crippen LogP contribution in [0.15, 0.2) is 54.6 Å². The molecule has 0 saturated heterocycles. The standard InChI is InChI=1S/C20H20N4O2/c25-18(14-6-2-1-3-7-14)20(26)21-16-11-9-15(10-12-16)19-23-22-17-8-4-5-13-24(17)19/h1-3,6-7,9-12,18,25H,4-5,8,13H2,(H,21,26). The fraction of sp³-hybridized carbons (Fsp3) is 0.250. The largest absolute Gasteiger partial charge is 0.378 e. The van der Waals surface area contributed by atoms with Crippen LogP contribution < -0.4 is 5.32 Å². The molecule has 1 aliphatic rings. The minimum absolute atomic E-state index is 0.455. The second kappa shape index (κ2) is 7.09. The Morgan fingerprint density at radius 2 is 1.81 bits per heavy atom. The normalized spacial score (nSPS) is 14.5. The van der Waals surface area contributed by atoms with Gasteiger partial charge in [0.15, 0.2) is 11.9 Å². The summed E-state index contributed by atoms with van der Waals surface area (Å²) in [7, 11) is 0. The highest BCUT2D eigenvalue weighted by Crippen LogP contribution is 2.24. The molecule has 2 N–H and O–H groups in total. The highest BCUT2D eigenvalue weighted by Gasteiger charge is 2.18. The molecular formula is C20H20N4O2. The van der Waals surface area contributed by atoms with Gasteiger partial charge in [-0.25, -0.2) is 0 Å². The molecule has 4 rings (SSSR count). The first-order chi connectivity index (χ1) is 12.7. The summed E-state index contributed by atoms with van der Waals surface area (Å²) in [6, 6.07) is 16.3. The Bertz CT molecular complexity index is 903. The number of carbonyl (C=O) groups is 1. The molecule has 26 heavy (non-hydrogen) atoms. The Labute approximate surface area is 151 Å². The van der Waals surface area contributed by atoms with Gasteiger partial charge in [-0.2, -0.15) is 0 Å². The van der Waals surface area contributed by atoms with Crippen LogP contribution in [-0.2, 0) is 17.8 Å². The number of aryl methyl sites for hydroxylation is 1. The Kier molecular flexibility index (Phi) is 4.50. The molecule has 0 bridgehead atoms. The van der Waals surface area contributed by atoms with Gasteiger partial charge < -0.3 is 15.0 Å². The molecule has 3 aromatic rings. The number of nitrogens with zero attached hydrogens (tertiary/aromatic N) is 3. The number of aliphatic hydroxyl groups excluding tert-OH is 1. The molecule has 1 aliphatic heterocycles. The Morgan fingerprint density at radius 3 is 2.58 bits per heavy atom. The Morgan fingerprint density at radius 1 is 1.04 bits per heavy atom. The van der Waals surface area contributed by atoms with E-state index in [1.807, 2.05) is 30.3 Å². The predicted octanol–water partition coefficient (Wildman–Crippen LogP) is 2.95. The van der Waals surface area contributed by atoms with Crippen molar-refractivity contribution in [3.63, 3.8) is 0 Å². The molecule has 1 atom stereocenters. The van der Waals surface area contributed by atoms with Crippen LogP contribution in [0.25, 0.3) is 11.4 Å². The van der Waals surface area contributed by atoms with E-state index in [4.69, 9.17) is 0 Å². The first kappa shape index (κ1) is 16.5. The lowest BCUT2D eigenvalue weighted by Crippen LogP contribution is -2.20. The van der Waals surface area contributed by atoms with Crippen LogP contribution in [0.5, 0.6) is 0 Å². The quantitative estimate of drug-likeness (QED) is 0.760. The molecule has 132 valence electrons. The molecule has 6 nitrogen and oxygen atoms in total. The molecule has 0 saturated carbocycles. The van der Waals surface area contributed by atoms with Crippen molar-refractivity contribution in [2.24, 2.45) is 0 Å². The second-order valence-corrected chi connectivity index (χ2v) is 6.43. The number of carbonyl (C=O) groups excluding carboxylic acids is 1. The van der Waals surface area contributed by atoms with Crippen LogP contribution in [-0.4, -0.2) is 25.8 Å². The molecular weight excluding hydrogens is 328 g/mol. The summed E-state index contributed by atoms with van der Waals surface area (Å²) in [5, 5.41) is 21.5. The Hall–Kier alpha value is -2.99. The maximum Gasteiger partial charge on any atom is 0.257 e. The highest BCUT2D eigenvalue weighted by atomic mass is 16.3. The van der Waals surface area contributed by atoms with Crippen molar-refractivity contribution in [2.75, 3.05) is 5.32 Å². The van der Waals surface area contributed by atoms with E-state index in [1.165, 1.54) is 0 Å². The summed E-state index contributed by atoms with van der Waals surface area (Å²) < 4.78 is 2.16. The number of nitrogens with one attached hydrogen (secondary N) is 1. The zero-order valence-electron chi connectivity index (χ0n) is 14.3. The maximum atomic E-state index is 12.2. The predicted molar refractivity (Wildman–Crippen MR) is 98.4 cm³/mol. The van der Waals surface area contributed by atoms with E-state index in [0.29, 0.717) is 11.3 Å². The van der Waals surface area contributed by atoms with Gasteiger partial charge in [0.2, 0.25) is 0 Å². The minimum Gasteiger partial charge on any atom is -0.378 e. The number of amides is 1. The van der Waals surface area contributed by atoms with Crippen LogP contribution in [0.3, 0.4) is 0 Å². The number of aliphatic hydroxyl groups is 1. The van der Waals surface area contributed by atoms with E-state index in [0.717, 1.165) is 43.0 Å². The van der Waals surface area contributed by atoms with Gasteiger partial charge >= 0.3 is 0 Å². The first-order valence-corrected chi connectivity index (χ1v) is 8.79. The molecule has 0 radical (unpaired) electrons. The van der Waals surface area contributed by atoms with E-state index in [1.54, 1.807) is 24.3 Å². The van der Waals surface area contributed by atoms with E-state index >= 15 is 0 Å². The zero-order valence-corrected chi connectivity index (χ0v) is 14.3. The molecule has 0 aliphatic carbocycles. The van der Waals surface area contributed by atoms with Gasteiger partial charge in [0, 0.05) is 24.2 Å². The van der Waals surface area contributed by atoms with Gasteiger partial charge in [-0.15, -0.1) is 10.2 Å². The summed E-state index contributed by atoms with van der Waals surface area (Å²) >= 11 is 0. The number of fused-ring (bicyclic) bond motifs is 1. The van der Waals surface area contributed by atoms with Gasteiger partial charge in [0.1, 0.15) is 5.82 Å². The Balaban J connectivity index is 1.48.